The summed E-state index contributed by atoms with van der Waals surface area (Å²) in [4.78, 5) is 16.6. The highest BCUT2D eigenvalue weighted by Crippen LogP contribution is 2.20. The van der Waals surface area contributed by atoms with Gasteiger partial charge in [0.05, 0.1) is 6.26 Å². The second-order valence-corrected chi connectivity index (χ2v) is 6.53. The molecule has 6 heteroatoms. The van der Waals surface area contributed by atoms with Crippen LogP contribution in [0.4, 0.5) is 5.69 Å². The normalized spacial score (nSPS) is 16.2. The monoisotopic (exact) mass is 348 g/mol. The Bertz CT molecular complexity index is 667. The van der Waals surface area contributed by atoms with Gasteiger partial charge in [-0.1, -0.05) is 17.7 Å². The lowest BCUT2D eigenvalue weighted by molar-refractivity contribution is -0.685. The lowest BCUT2D eigenvalue weighted by Gasteiger charge is -2.36. The van der Waals surface area contributed by atoms with Crippen molar-refractivity contribution in [1.29, 1.82) is 0 Å². The molecule has 0 bridgehead atoms. The number of piperazine rings is 1. The van der Waals surface area contributed by atoms with Crippen LogP contribution in [0.3, 0.4) is 0 Å². The van der Waals surface area contributed by atoms with E-state index in [4.69, 9.17) is 16.0 Å². The summed E-state index contributed by atoms with van der Waals surface area (Å²) in [6, 6.07) is 11.8. The Kier molecular flexibility index (Phi) is 5.43. The molecule has 1 saturated heterocycles. The largest absolute Gasteiger partial charge is 0.463 e. The number of quaternary nitrogens is 1. The highest BCUT2D eigenvalue weighted by Gasteiger charge is 2.23. The Morgan fingerprint density at radius 2 is 2.04 bits per heavy atom. The minimum absolute atomic E-state index is 0.150. The molecule has 1 amide bonds. The smallest absolute Gasteiger partial charge is 0.277 e. The first-order chi connectivity index (χ1) is 11.6. The molecule has 2 heterocycles. The van der Waals surface area contributed by atoms with E-state index in [1.807, 2.05) is 47.5 Å². The predicted octanol–water partition coefficient (Wildman–Crippen LogP) is 1.91. The highest BCUT2D eigenvalue weighted by molar-refractivity contribution is 6.30. The number of carbonyl (C=O) groups is 1. The number of rotatable bonds is 5. The Labute approximate surface area is 147 Å². The number of nitrogens with two attached hydrogens (primary N) is 1. The molecule has 2 aromatic rings. The summed E-state index contributed by atoms with van der Waals surface area (Å²) in [5.41, 5.74) is 1.12. The van der Waals surface area contributed by atoms with Gasteiger partial charge in [-0.3, -0.25) is 4.79 Å². The third-order valence-electron chi connectivity index (χ3n) is 4.44. The Hall–Kier alpha value is -1.98. The summed E-state index contributed by atoms with van der Waals surface area (Å²) in [6.07, 6.45) is 1.66. The van der Waals surface area contributed by atoms with Crippen LogP contribution in [0.2, 0.25) is 5.02 Å². The van der Waals surface area contributed by atoms with Crippen molar-refractivity contribution >= 4 is 23.2 Å². The lowest BCUT2D eigenvalue weighted by Crippen LogP contribution is -2.87. The first-order valence-electron chi connectivity index (χ1n) is 8.28. The van der Waals surface area contributed by atoms with E-state index in [1.54, 1.807) is 6.26 Å². The van der Waals surface area contributed by atoms with E-state index in [0.717, 1.165) is 42.6 Å². The first kappa shape index (κ1) is 16.9. The van der Waals surface area contributed by atoms with Crippen LogP contribution in [0.25, 0.3) is 0 Å². The fraction of sp³-hybridized carbons (Fsp3) is 0.389. The minimum atomic E-state index is 0.150. The zero-order valence-electron chi connectivity index (χ0n) is 13.8. The number of halogens is 1. The van der Waals surface area contributed by atoms with Crippen LogP contribution in [-0.4, -0.2) is 43.5 Å². The zero-order valence-corrected chi connectivity index (χ0v) is 14.6. The molecule has 1 aromatic carbocycles. The first-order valence-corrected chi connectivity index (χ1v) is 8.66. The van der Waals surface area contributed by atoms with Crippen molar-refractivity contribution in [1.82, 2.24) is 4.90 Å². The highest BCUT2D eigenvalue weighted by atomic mass is 35.5. The molecule has 0 saturated carbocycles. The second-order valence-electron chi connectivity index (χ2n) is 6.09. The van der Waals surface area contributed by atoms with Gasteiger partial charge >= 0.3 is 0 Å². The number of benzene rings is 1. The molecule has 24 heavy (non-hydrogen) atoms. The van der Waals surface area contributed by atoms with Crippen molar-refractivity contribution in [3.8, 4) is 0 Å². The summed E-state index contributed by atoms with van der Waals surface area (Å²) in [5, 5.41) is 2.76. The Morgan fingerprint density at radius 1 is 1.25 bits per heavy atom. The fourth-order valence-electron chi connectivity index (χ4n) is 2.96. The van der Waals surface area contributed by atoms with Crippen LogP contribution < -0.4 is 10.2 Å². The van der Waals surface area contributed by atoms with Gasteiger partial charge < -0.3 is 19.5 Å². The number of amides is 1. The summed E-state index contributed by atoms with van der Waals surface area (Å²) in [5.74, 6) is 1.08. The van der Waals surface area contributed by atoms with Crippen molar-refractivity contribution in [2.75, 3.05) is 37.6 Å². The molecular weight excluding hydrogens is 326 g/mol. The zero-order chi connectivity index (χ0) is 16.9. The maximum Gasteiger partial charge on any atom is 0.277 e. The van der Waals surface area contributed by atoms with Crippen molar-refractivity contribution in [3.63, 3.8) is 0 Å². The SMILES string of the molecule is C[C@@H]([NH2+]CC(=O)N1CCN(c2cccc(Cl)c2)CC1)c1ccco1. The topological polar surface area (TPSA) is 53.3 Å². The standard InChI is InChI=1S/C18H22ClN3O2/c1-14(17-6-3-11-24-17)20-13-18(23)22-9-7-21(8-10-22)16-5-2-4-15(19)12-16/h2-6,11-12,14,20H,7-10,13H2,1H3/p+1/t14-/m1/s1. The number of nitrogens with zero attached hydrogens (tertiary/aromatic N) is 2. The van der Waals surface area contributed by atoms with Crippen LogP contribution in [0.15, 0.2) is 47.1 Å². The van der Waals surface area contributed by atoms with Gasteiger partial charge in [-0.05, 0) is 37.3 Å². The molecule has 1 atom stereocenters. The van der Waals surface area contributed by atoms with Crippen molar-refractivity contribution in [3.05, 3.63) is 53.4 Å². The Morgan fingerprint density at radius 3 is 2.71 bits per heavy atom. The molecular formula is C18H23ClN3O2+. The van der Waals surface area contributed by atoms with Crippen LogP contribution in [0.1, 0.15) is 18.7 Å². The van der Waals surface area contributed by atoms with Gasteiger partial charge in [-0.15, -0.1) is 0 Å². The molecule has 2 N–H and O–H groups in total. The molecule has 0 spiro atoms. The van der Waals surface area contributed by atoms with E-state index >= 15 is 0 Å². The van der Waals surface area contributed by atoms with Gasteiger partial charge in [-0.2, -0.15) is 0 Å². The summed E-state index contributed by atoms with van der Waals surface area (Å²) < 4.78 is 5.37. The van der Waals surface area contributed by atoms with Crippen LogP contribution >= 0.6 is 11.6 Å². The van der Waals surface area contributed by atoms with Gasteiger partial charge in [0.25, 0.3) is 5.91 Å². The van der Waals surface area contributed by atoms with E-state index in [1.165, 1.54) is 0 Å². The predicted molar refractivity (Wildman–Crippen MR) is 94.2 cm³/mol. The maximum atomic E-state index is 12.4. The van der Waals surface area contributed by atoms with Crippen LogP contribution in [0, 0.1) is 0 Å². The molecule has 1 aliphatic heterocycles. The van der Waals surface area contributed by atoms with E-state index in [0.29, 0.717) is 6.54 Å². The molecule has 1 aromatic heterocycles. The molecule has 0 radical (unpaired) electrons. The second kappa shape index (κ2) is 7.73. The van der Waals surface area contributed by atoms with Crippen LogP contribution in [0.5, 0.6) is 0 Å². The number of hydrogen-bond acceptors (Lipinski definition) is 3. The molecule has 5 nitrogen and oxygen atoms in total. The van der Waals surface area contributed by atoms with Crippen molar-refractivity contribution in [2.24, 2.45) is 0 Å². The van der Waals surface area contributed by atoms with Gasteiger partial charge in [0.2, 0.25) is 0 Å². The summed E-state index contributed by atoms with van der Waals surface area (Å²) in [6.45, 7) is 5.64. The van der Waals surface area contributed by atoms with Crippen LogP contribution in [-0.2, 0) is 4.79 Å². The summed E-state index contributed by atoms with van der Waals surface area (Å²) in [7, 11) is 0. The molecule has 1 fully saturated rings. The van der Waals surface area contributed by atoms with Gasteiger partial charge in [0.1, 0.15) is 6.04 Å². The third-order valence-corrected chi connectivity index (χ3v) is 4.68. The van der Waals surface area contributed by atoms with Gasteiger partial charge in [0, 0.05) is 36.9 Å². The molecule has 1 aliphatic rings. The lowest BCUT2D eigenvalue weighted by atomic mass is 10.2. The fourth-order valence-corrected chi connectivity index (χ4v) is 3.14. The molecule has 3 rings (SSSR count). The molecule has 0 unspecified atom stereocenters. The van der Waals surface area contributed by atoms with Crippen molar-refractivity contribution < 1.29 is 14.5 Å². The van der Waals surface area contributed by atoms with Gasteiger partial charge in [-0.25, -0.2) is 0 Å². The van der Waals surface area contributed by atoms with E-state index < -0.39 is 0 Å². The number of carbonyl (C=O) groups excluding carboxylic acids is 1. The number of hydrogen-bond donors (Lipinski definition) is 1. The maximum absolute atomic E-state index is 12.4. The van der Waals surface area contributed by atoms with Gasteiger partial charge in [0.15, 0.2) is 12.3 Å². The Balaban J connectivity index is 1.46. The number of anilines is 1. The minimum Gasteiger partial charge on any atom is -0.463 e. The van der Waals surface area contributed by atoms with E-state index in [9.17, 15) is 4.79 Å². The third kappa shape index (κ3) is 4.10. The average molecular weight is 349 g/mol. The number of furan rings is 1. The van der Waals surface area contributed by atoms with E-state index in [-0.39, 0.29) is 11.9 Å². The quantitative estimate of drug-likeness (QED) is 0.898. The molecule has 128 valence electrons. The summed E-state index contributed by atoms with van der Waals surface area (Å²) >= 11 is 6.05. The van der Waals surface area contributed by atoms with Crippen molar-refractivity contribution in [2.45, 2.75) is 13.0 Å². The van der Waals surface area contributed by atoms with E-state index in [2.05, 4.69) is 11.0 Å². The average Bonchev–Trinajstić information content (AvgIpc) is 3.14. The molecule has 0 aliphatic carbocycles.